The minimum atomic E-state index is -2.62. The summed E-state index contributed by atoms with van der Waals surface area (Å²) >= 11 is 0. The minimum Gasteiger partial charge on any atom is -0.820 e. The highest BCUT2D eigenvalue weighted by Crippen LogP contribution is 2.13. The lowest BCUT2D eigenvalue weighted by atomic mass is 10.2. The Balaban J connectivity index is 2.77. The molecule has 0 spiro atoms. The first-order valence-electron chi connectivity index (χ1n) is 3.54. The van der Waals surface area contributed by atoms with Gasteiger partial charge in [-0.1, -0.05) is 26.2 Å². The normalized spacial score (nSPS) is 10.8. The average molecular weight is 164 g/mol. The predicted octanol–water partition coefficient (Wildman–Crippen LogP) is 0.531. The molecule has 0 amide bonds. The van der Waals surface area contributed by atoms with E-state index in [1.807, 2.05) is 0 Å². The van der Waals surface area contributed by atoms with E-state index in [1.54, 1.807) is 0 Å². The minimum absolute atomic E-state index is 0.346. The summed E-state index contributed by atoms with van der Waals surface area (Å²) in [6.07, 6.45) is 4.21. The van der Waals surface area contributed by atoms with Crippen LogP contribution in [0.2, 0.25) is 0 Å². The molecule has 0 aromatic rings. The summed E-state index contributed by atoms with van der Waals surface area (Å²) in [7, 11) is -2.62. The zero-order valence-corrected chi connectivity index (χ0v) is 7.10. The van der Waals surface area contributed by atoms with Gasteiger partial charge in [0.25, 0.3) is 0 Å². The van der Waals surface area contributed by atoms with E-state index in [2.05, 4.69) is 11.4 Å². The van der Waals surface area contributed by atoms with Crippen LogP contribution in [0.5, 0.6) is 0 Å². The quantitative estimate of drug-likeness (QED) is 0.425. The van der Waals surface area contributed by atoms with Crippen LogP contribution in [0, 0.1) is 0 Å². The number of hydrogen-bond acceptors (Lipinski definition) is 3. The first-order chi connectivity index (χ1) is 4.77. The topological polar surface area (TPSA) is 55.3 Å². The van der Waals surface area contributed by atoms with Gasteiger partial charge in [0, 0.05) is 6.61 Å². The van der Waals surface area contributed by atoms with Crippen molar-refractivity contribution in [3.8, 4) is 0 Å². The summed E-state index contributed by atoms with van der Waals surface area (Å²) in [5.41, 5.74) is 0. The molecule has 0 aliphatic carbocycles. The fraction of sp³-hybridized carbons (Fsp3) is 1.00. The lowest BCUT2D eigenvalue weighted by Gasteiger charge is -2.28. The van der Waals surface area contributed by atoms with Crippen molar-refractivity contribution in [1.29, 1.82) is 0 Å². The maximum atomic E-state index is 9.85. The van der Waals surface area contributed by atoms with Gasteiger partial charge in [0.2, 0.25) is 0 Å². The lowest BCUT2D eigenvalue weighted by Crippen LogP contribution is -2.11. The molecule has 0 fully saturated rings. The molecule has 0 aliphatic rings. The van der Waals surface area contributed by atoms with Gasteiger partial charge in [-0.3, -0.25) is 0 Å². The third kappa shape index (κ3) is 8.31. The van der Waals surface area contributed by atoms with Gasteiger partial charge in [-0.05, 0) is 6.42 Å². The fourth-order valence-electron chi connectivity index (χ4n) is 0.668. The maximum absolute atomic E-state index is 9.85. The molecule has 0 rings (SSSR count). The molecule has 62 valence electrons. The van der Waals surface area contributed by atoms with Crippen molar-refractivity contribution in [2.24, 2.45) is 0 Å². The fourth-order valence-corrected chi connectivity index (χ4v) is 0.946. The van der Waals surface area contributed by atoms with Gasteiger partial charge in [-0.25, -0.2) is 0 Å². The summed E-state index contributed by atoms with van der Waals surface area (Å²) in [6.45, 7) is 2.45. The molecule has 0 unspecified atom stereocenters. The van der Waals surface area contributed by atoms with Gasteiger partial charge >= 0.3 is 0 Å². The van der Waals surface area contributed by atoms with Crippen LogP contribution in [0.1, 0.15) is 32.6 Å². The second-order valence-corrected chi connectivity index (χ2v) is 2.82. The maximum Gasteiger partial charge on any atom is 0.0476 e. The molecule has 0 atom stereocenters. The highest BCUT2D eigenvalue weighted by atomic mass is 31.2. The number of rotatable bonds is 6. The van der Waals surface area contributed by atoms with Gasteiger partial charge in [0.05, 0.1) is 0 Å². The Hall–Kier alpha value is 0.310. The molecule has 3 nitrogen and oxygen atoms in total. The third-order valence-electron chi connectivity index (χ3n) is 1.19. The van der Waals surface area contributed by atoms with Gasteiger partial charge < -0.3 is 14.3 Å². The highest BCUT2D eigenvalue weighted by molar-refractivity contribution is 7.36. The van der Waals surface area contributed by atoms with Crippen LogP contribution >= 0.6 is 8.60 Å². The van der Waals surface area contributed by atoms with Gasteiger partial charge in [0.1, 0.15) is 0 Å². The summed E-state index contributed by atoms with van der Waals surface area (Å²) in [5.74, 6) is 0. The van der Waals surface area contributed by atoms with Crippen molar-refractivity contribution in [2.45, 2.75) is 32.6 Å². The molecule has 0 aromatic carbocycles. The standard InChI is InChI=1S/C6H13O3P/c1-2-3-4-5-6-9-10(7)8/h2-6H2,1H3/q-2. The average Bonchev–Trinajstić information content (AvgIpc) is 1.87. The molecular formula is C6H13O3P-2. The molecule has 0 N–H and O–H groups in total. The highest BCUT2D eigenvalue weighted by Gasteiger charge is 1.85. The van der Waals surface area contributed by atoms with Crippen LogP contribution < -0.4 is 9.79 Å². The largest absolute Gasteiger partial charge is 0.820 e. The monoisotopic (exact) mass is 164 g/mol. The van der Waals surface area contributed by atoms with E-state index in [0.29, 0.717) is 6.61 Å². The second-order valence-electron chi connectivity index (χ2n) is 2.12. The van der Waals surface area contributed by atoms with Crippen LogP contribution in [0.4, 0.5) is 0 Å². The lowest BCUT2D eigenvalue weighted by molar-refractivity contribution is -0.318. The first-order valence-corrected chi connectivity index (χ1v) is 4.64. The molecule has 0 aliphatic heterocycles. The van der Waals surface area contributed by atoms with E-state index in [4.69, 9.17) is 0 Å². The van der Waals surface area contributed by atoms with Crippen LogP contribution in [0.15, 0.2) is 0 Å². The summed E-state index contributed by atoms with van der Waals surface area (Å²) in [5, 5.41) is 0. The molecular weight excluding hydrogens is 151 g/mol. The smallest absolute Gasteiger partial charge is 0.0476 e. The van der Waals surface area contributed by atoms with E-state index in [1.165, 1.54) is 0 Å². The van der Waals surface area contributed by atoms with Gasteiger partial charge in [0.15, 0.2) is 0 Å². The zero-order chi connectivity index (χ0) is 7.82. The van der Waals surface area contributed by atoms with E-state index in [-0.39, 0.29) is 0 Å². The summed E-state index contributed by atoms with van der Waals surface area (Å²) in [6, 6.07) is 0. The summed E-state index contributed by atoms with van der Waals surface area (Å²) < 4.78 is 4.34. The van der Waals surface area contributed by atoms with Crippen molar-refractivity contribution < 1.29 is 14.3 Å². The van der Waals surface area contributed by atoms with Crippen molar-refractivity contribution in [3.05, 3.63) is 0 Å². The zero-order valence-electron chi connectivity index (χ0n) is 6.21. The van der Waals surface area contributed by atoms with E-state index < -0.39 is 8.60 Å². The second kappa shape index (κ2) is 7.42. The SMILES string of the molecule is CCCCCCOP([O-])[O-]. The molecule has 0 aromatic heterocycles. The van der Waals surface area contributed by atoms with E-state index in [0.717, 1.165) is 25.7 Å². The van der Waals surface area contributed by atoms with E-state index in [9.17, 15) is 9.79 Å². The van der Waals surface area contributed by atoms with Gasteiger partial charge in [-0.15, -0.1) is 0 Å². The van der Waals surface area contributed by atoms with Crippen LogP contribution in [-0.2, 0) is 4.52 Å². The molecule has 10 heavy (non-hydrogen) atoms. The molecule has 4 heteroatoms. The van der Waals surface area contributed by atoms with E-state index >= 15 is 0 Å². The van der Waals surface area contributed by atoms with Crippen molar-refractivity contribution in [1.82, 2.24) is 0 Å². The van der Waals surface area contributed by atoms with Crippen molar-refractivity contribution >= 4 is 8.60 Å². The number of hydrogen-bond donors (Lipinski definition) is 0. The van der Waals surface area contributed by atoms with Gasteiger partial charge in [-0.2, -0.15) is 8.60 Å². The Morgan fingerprint density at radius 3 is 2.40 bits per heavy atom. The Morgan fingerprint density at radius 2 is 1.90 bits per heavy atom. The van der Waals surface area contributed by atoms with Crippen LogP contribution in [0.3, 0.4) is 0 Å². The molecule has 0 bridgehead atoms. The molecule has 0 saturated heterocycles. The Bertz CT molecular complexity index is 68.0. The molecule has 0 saturated carbocycles. The summed E-state index contributed by atoms with van der Waals surface area (Å²) in [4.78, 5) is 19.7. The Kier molecular flexibility index (Phi) is 7.65. The Labute approximate surface area is 63.0 Å². The van der Waals surface area contributed by atoms with Crippen LogP contribution in [0.25, 0.3) is 0 Å². The Morgan fingerprint density at radius 1 is 1.20 bits per heavy atom. The van der Waals surface area contributed by atoms with Crippen molar-refractivity contribution in [2.75, 3.05) is 6.61 Å². The van der Waals surface area contributed by atoms with Crippen LogP contribution in [-0.4, -0.2) is 6.61 Å². The van der Waals surface area contributed by atoms with Crippen molar-refractivity contribution in [3.63, 3.8) is 0 Å². The molecule has 0 radical (unpaired) electrons. The first kappa shape index (κ1) is 10.3. The molecule has 0 heterocycles. The third-order valence-corrected chi connectivity index (χ3v) is 1.59. The number of unbranched alkanes of at least 4 members (excludes halogenated alkanes) is 3. The predicted molar refractivity (Wildman–Crippen MR) is 37.0 cm³/mol.